The van der Waals surface area contributed by atoms with Crippen LogP contribution in [0.3, 0.4) is 0 Å². The Labute approximate surface area is 125 Å². The fourth-order valence-corrected chi connectivity index (χ4v) is 3.15. The molecule has 1 N–H and O–H groups in total. The minimum absolute atomic E-state index is 0.0774. The molecule has 0 saturated heterocycles. The van der Waals surface area contributed by atoms with E-state index in [0.717, 1.165) is 24.4 Å². The van der Waals surface area contributed by atoms with E-state index in [1.165, 1.54) is 25.7 Å². The van der Waals surface area contributed by atoms with Crippen LogP contribution in [0.5, 0.6) is 0 Å². The van der Waals surface area contributed by atoms with Crippen LogP contribution in [-0.4, -0.2) is 18.2 Å². The van der Waals surface area contributed by atoms with Gasteiger partial charge in [0, 0.05) is 13.0 Å². The van der Waals surface area contributed by atoms with Crippen molar-refractivity contribution in [1.82, 2.24) is 5.32 Å². The summed E-state index contributed by atoms with van der Waals surface area (Å²) in [5.74, 6) is 0.718. The summed E-state index contributed by atoms with van der Waals surface area (Å²) in [5, 5.41) is 6.92. The molecular weight excluding hydrogens is 264 g/mol. The molecule has 1 aromatic rings. The Morgan fingerprint density at radius 3 is 2.76 bits per heavy atom. The standard InChI is InChI=1S/C17H22N2O2/c20-17(18-11-10-13-6-4-5-7-13)15-12-16(21-19-15)14-8-2-1-3-9-14/h1-3,8-9,13,16H,4-7,10-12H2,(H,18,20). The Bertz CT molecular complexity index is 507. The normalized spacial score (nSPS) is 21.9. The topological polar surface area (TPSA) is 50.7 Å². The maximum absolute atomic E-state index is 12.1. The van der Waals surface area contributed by atoms with E-state index in [9.17, 15) is 4.79 Å². The van der Waals surface area contributed by atoms with Gasteiger partial charge in [0.1, 0.15) is 5.71 Å². The van der Waals surface area contributed by atoms with Crippen LogP contribution in [0, 0.1) is 5.92 Å². The lowest BCUT2D eigenvalue weighted by molar-refractivity contribution is -0.114. The molecule has 4 nitrogen and oxygen atoms in total. The van der Waals surface area contributed by atoms with Crippen LogP contribution in [0.4, 0.5) is 0 Å². The van der Waals surface area contributed by atoms with Crippen LogP contribution in [-0.2, 0) is 9.63 Å². The summed E-state index contributed by atoms with van der Waals surface area (Å²) in [7, 11) is 0. The summed E-state index contributed by atoms with van der Waals surface area (Å²) in [5.41, 5.74) is 1.57. The first-order chi connectivity index (χ1) is 10.3. The number of hydrogen-bond acceptors (Lipinski definition) is 3. The van der Waals surface area contributed by atoms with Gasteiger partial charge in [-0.05, 0) is 17.9 Å². The van der Waals surface area contributed by atoms with Crippen molar-refractivity contribution in [2.75, 3.05) is 6.54 Å². The number of carbonyl (C=O) groups is 1. The van der Waals surface area contributed by atoms with Crippen molar-refractivity contribution in [3.8, 4) is 0 Å². The van der Waals surface area contributed by atoms with Crippen LogP contribution in [0.25, 0.3) is 0 Å². The highest BCUT2D eigenvalue weighted by molar-refractivity contribution is 6.39. The predicted molar refractivity (Wildman–Crippen MR) is 81.9 cm³/mol. The molecule has 1 aliphatic heterocycles. The maximum atomic E-state index is 12.1. The zero-order valence-corrected chi connectivity index (χ0v) is 12.3. The summed E-state index contributed by atoms with van der Waals surface area (Å²) >= 11 is 0. The largest absolute Gasteiger partial charge is 0.387 e. The Morgan fingerprint density at radius 2 is 2.00 bits per heavy atom. The van der Waals surface area contributed by atoms with Crippen LogP contribution in [0.2, 0.25) is 0 Å². The number of oxime groups is 1. The number of rotatable bonds is 5. The molecule has 0 radical (unpaired) electrons. The molecule has 4 heteroatoms. The fourth-order valence-electron chi connectivity index (χ4n) is 3.15. The summed E-state index contributed by atoms with van der Waals surface area (Å²) < 4.78 is 0. The third kappa shape index (κ3) is 3.63. The van der Waals surface area contributed by atoms with E-state index in [2.05, 4.69) is 10.5 Å². The molecule has 0 spiro atoms. The number of nitrogens with one attached hydrogen (secondary N) is 1. The van der Waals surface area contributed by atoms with Gasteiger partial charge in [-0.3, -0.25) is 4.79 Å². The van der Waals surface area contributed by atoms with Crippen LogP contribution in [0.15, 0.2) is 35.5 Å². The summed E-state index contributed by atoms with van der Waals surface area (Å²) in [6.45, 7) is 0.749. The number of benzene rings is 1. The molecule has 1 aromatic carbocycles. The molecule has 1 unspecified atom stereocenters. The van der Waals surface area contributed by atoms with Gasteiger partial charge in [0.25, 0.3) is 5.91 Å². The average Bonchev–Trinajstić information content (AvgIpc) is 3.20. The van der Waals surface area contributed by atoms with E-state index in [4.69, 9.17) is 4.84 Å². The first kappa shape index (κ1) is 14.1. The number of nitrogens with zero attached hydrogens (tertiary/aromatic N) is 1. The van der Waals surface area contributed by atoms with Gasteiger partial charge < -0.3 is 10.2 Å². The minimum Gasteiger partial charge on any atom is -0.387 e. The number of hydrogen-bond donors (Lipinski definition) is 1. The lowest BCUT2D eigenvalue weighted by atomic mass is 10.0. The van der Waals surface area contributed by atoms with E-state index in [1.807, 2.05) is 30.3 Å². The second-order valence-electron chi connectivity index (χ2n) is 5.94. The van der Waals surface area contributed by atoms with E-state index < -0.39 is 0 Å². The van der Waals surface area contributed by atoms with Gasteiger partial charge in [-0.15, -0.1) is 0 Å². The van der Waals surface area contributed by atoms with Crippen molar-refractivity contribution in [2.24, 2.45) is 11.1 Å². The molecule has 0 bridgehead atoms. The highest BCUT2D eigenvalue weighted by atomic mass is 16.6. The van der Waals surface area contributed by atoms with Crippen molar-refractivity contribution in [3.05, 3.63) is 35.9 Å². The first-order valence-corrected chi connectivity index (χ1v) is 7.89. The van der Waals surface area contributed by atoms with Gasteiger partial charge >= 0.3 is 0 Å². The van der Waals surface area contributed by atoms with E-state index >= 15 is 0 Å². The fraction of sp³-hybridized carbons (Fsp3) is 0.529. The lowest BCUT2D eigenvalue weighted by Gasteiger charge is -2.09. The molecule has 1 saturated carbocycles. The average molecular weight is 286 g/mol. The minimum atomic E-state index is -0.123. The molecule has 0 aromatic heterocycles. The molecule has 1 heterocycles. The van der Waals surface area contributed by atoms with Gasteiger partial charge in [0.2, 0.25) is 0 Å². The van der Waals surface area contributed by atoms with Crippen LogP contribution in [0.1, 0.15) is 50.2 Å². The van der Waals surface area contributed by atoms with Gasteiger partial charge in [0.15, 0.2) is 6.10 Å². The van der Waals surface area contributed by atoms with Crippen LogP contribution < -0.4 is 5.32 Å². The van der Waals surface area contributed by atoms with Gasteiger partial charge in [-0.25, -0.2) is 0 Å². The molecule has 1 fully saturated rings. The predicted octanol–water partition coefficient (Wildman–Crippen LogP) is 3.20. The van der Waals surface area contributed by atoms with Gasteiger partial charge in [-0.1, -0.05) is 61.2 Å². The molecule has 1 aliphatic carbocycles. The number of carbonyl (C=O) groups excluding carboxylic acids is 1. The summed E-state index contributed by atoms with van der Waals surface area (Å²) in [6.07, 6.45) is 6.84. The van der Waals surface area contributed by atoms with Gasteiger partial charge in [-0.2, -0.15) is 0 Å². The monoisotopic (exact) mass is 286 g/mol. The van der Waals surface area contributed by atoms with Crippen molar-refractivity contribution in [2.45, 2.75) is 44.6 Å². The third-order valence-corrected chi connectivity index (χ3v) is 4.42. The molecule has 1 atom stereocenters. The van der Waals surface area contributed by atoms with Crippen molar-refractivity contribution < 1.29 is 9.63 Å². The SMILES string of the molecule is O=C(NCCC1CCCC1)C1=NOC(c2ccccc2)C1. The van der Waals surface area contributed by atoms with E-state index in [0.29, 0.717) is 12.1 Å². The van der Waals surface area contributed by atoms with Crippen LogP contribution >= 0.6 is 0 Å². The molecule has 2 aliphatic rings. The highest BCUT2D eigenvalue weighted by Gasteiger charge is 2.27. The third-order valence-electron chi connectivity index (χ3n) is 4.42. The van der Waals surface area contributed by atoms with Crippen molar-refractivity contribution in [1.29, 1.82) is 0 Å². The van der Waals surface area contributed by atoms with Gasteiger partial charge in [0.05, 0.1) is 0 Å². The molecule has 112 valence electrons. The van der Waals surface area contributed by atoms with Crippen molar-refractivity contribution in [3.63, 3.8) is 0 Å². The number of amides is 1. The summed E-state index contributed by atoms with van der Waals surface area (Å²) in [6, 6.07) is 9.91. The molecule has 21 heavy (non-hydrogen) atoms. The Kier molecular flexibility index (Phi) is 4.53. The molecular formula is C17H22N2O2. The Hall–Kier alpha value is -1.84. The first-order valence-electron chi connectivity index (χ1n) is 7.89. The lowest BCUT2D eigenvalue weighted by Crippen LogP contribution is -2.31. The Morgan fingerprint density at radius 1 is 1.24 bits per heavy atom. The maximum Gasteiger partial charge on any atom is 0.269 e. The van der Waals surface area contributed by atoms with E-state index in [-0.39, 0.29) is 12.0 Å². The smallest absolute Gasteiger partial charge is 0.269 e. The van der Waals surface area contributed by atoms with Crippen molar-refractivity contribution >= 4 is 11.6 Å². The molecule has 1 amide bonds. The summed E-state index contributed by atoms with van der Waals surface area (Å²) in [4.78, 5) is 17.5. The Balaban J connectivity index is 1.43. The van der Waals surface area contributed by atoms with E-state index in [1.54, 1.807) is 0 Å². The zero-order chi connectivity index (χ0) is 14.5. The highest BCUT2D eigenvalue weighted by Crippen LogP contribution is 2.28. The zero-order valence-electron chi connectivity index (χ0n) is 12.3. The second-order valence-corrected chi connectivity index (χ2v) is 5.94. The second kappa shape index (κ2) is 6.74. The molecule has 3 rings (SSSR count). The quantitative estimate of drug-likeness (QED) is 0.903.